The highest BCUT2D eigenvalue weighted by Gasteiger charge is 2.27. The Kier molecular flexibility index (Phi) is 3.49. The molecule has 4 N–H and O–H groups in total. The van der Waals surface area contributed by atoms with Crippen molar-refractivity contribution in [2.45, 2.75) is 0 Å². The van der Waals surface area contributed by atoms with Crippen LogP contribution < -0.4 is 16.2 Å². The Morgan fingerprint density at radius 1 is 0.619 bits per heavy atom. The lowest BCUT2D eigenvalue weighted by molar-refractivity contribution is 0.336. The Labute approximate surface area is 112 Å². The molecule has 11 heteroatoms. The third kappa shape index (κ3) is 2.37. The van der Waals surface area contributed by atoms with E-state index in [2.05, 4.69) is 14.7 Å². The van der Waals surface area contributed by atoms with Crippen LogP contribution in [-0.4, -0.2) is 9.97 Å². The van der Waals surface area contributed by atoms with Crippen molar-refractivity contribution in [3.8, 4) is 11.5 Å². The van der Waals surface area contributed by atoms with Gasteiger partial charge in [-0.1, -0.05) is 0 Å². The van der Waals surface area contributed by atoms with Crippen molar-refractivity contribution in [3.05, 3.63) is 35.2 Å². The summed E-state index contributed by atoms with van der Waals surface area (Å²) in [5.41, 5.74) is 9.82. The number of halogens is 6. The molecular formula is C10H4F6N4O. The Balaban J connectivity index is 2.64. The summed E-state index contributed by atoms with van der Waals surface area (Å²) in [7, 11) is 0. The van der Waals surface area contributed by atoms with Gasteiger partial charge >= 0.3 is 0 Å². The number of ether oxygens (including phenoxy) is 1. The lowest BCUT2D eigenvalue weighted by Crippen LogP contribution is -2.08. The van der Waals surface area contributed by atoms with Gasteiger partial charge in [0.05, 0.1) is 0 Å². The third-order valence-corrected chi connectivity index (χ3v) is 2.25. The van der Waals surface area contributed by atoms with E-state index < -0.39 is 58.3 Å². The Hall–Kier alpha value is -2.72. The molecule has 0 bridgehead atoms. The molecule has 0 amide bonds. The lowest BCUT2D eigenvalue weighted by Gasteiger charge is -2.11. The second-order valence-corrected chi connectivity index (χ2v) is 3.59. The highest BCUT2D eigenvalue weighted by atomic mass is 19.2. The molecule has 0 spiro atoms. The van der Waals surface area contributed by atoms with Crippen LogP contribution in [0.1, 0.15) is 0 Å². The van der Waals surface area contributed by atoms with Crippen LogP contribution in [0.4, 0.5) is 38.0 Å². The van der Waals surface area contributed by atoms with Gasteiger partial charge in [-0.25, -0.2) is 0 Å². The number of anilines is 2. The number of nitrogens with two attached hydrogens (primary N) is 2. The molecule has 0 radical (unpaired) electrons. The van der Waals surface area contributed by atoms with E-state index in [9.17, 15) is 26.3 Å². The summed E-state index contributed by atoms with van der Waals surface area (Å²) >= 11 is 0. The number of aromatic nitrogens is 2. The summed E-state index contributed by atoms with van der Waals surface area (Å²) in [6.45, 7) is 0. The maximum Gasteiger partial charge on any atom is 0.255 e. The highest BCUT2D eigenvalue weighted by Crippen LogP contribution is 2.35. The number of pyridine rings is 2. The van der Waals surface area contributed by atoms with Gasteiger partial charge in [0.1, 0.15) is 0 Å². The molecule has 0 atom stereocenters. The maximum absolute atomic E-state index is 13.5. The molecule has 2 aromatic heterocycles. The first kappa shape index (κ1) is 14.7. The molecule has 2 rings (SSSR count). The first-order chi connectivity index (χ1) is 9.73. The minimum Gasteiger partial charge on any atom is -0.444 e. The number of rotatable bonds is 2. The van der Waals surface area contributed by atoms with Crippen molar-refractivity contribution in [3.63, 3.8) is 0 Å². The van der Waals surface area contributed by atoms with Crippen molar-refractivity contribution < 1.29 is 31.1 Å². The van der Waals surface area contributed by atoms with Crippen LogP contribution in [0.3, 0.4) is 0 Å². The average Bonchev–Trinajstić information content (AvgIpc) is 2.42. The van der Waals surface area contributed by atoms with Crippen molar-refractivity contribution in [1.29, 1.82) is 0 Å². The average molecular weight is 310 g/mol. The molecule has 0 fully saturated rings. The van der Waals surface area contributed by atoms with Gasteiger partial charge in [-0.15, -0.1) is 0 Å². The molecule has 0 saturated heterocycles. The summed E-state index contributed by atoms with van der Waals surface area (Å²) < 4.78 is 83.8. The van der Waals surface area contributed by atoms with E-state index >= 15 is 0 Å². The van der Waals surface area contributed by atoms with E-state index in [4.69, 9.17) is 11.5 Å². The molecule has 21 heavy (non-hydrogen) atoms. The van der Waals surface area contributed by atoms with Crippen LogP contribution in [0, 0.1) is 35.2 Å². The quantitative estimate of drug-likeness (QED) is 0.656. The van der Waals surface area contributed by atoms with Crippen LogP contribution in [-0.2, 0) is 0 Å². The predicted octanol–water partition coefficient (Wildman–Crippen LogP) is 2.27. The van der Waals surface area contributed by atoms with Crippen molar-refractivity contribution in [1.82, 2.24) is 9.97 Å². The largest absolute Gasteiger partial charge is 0.444 e. The number of nitrogens with zero attached hydrogens (tertiary/aromatic N) is 2. The minimum atomic E-state index is -2.02. The summed E-state index contributed by atoms with van der Waals surface area (Å²) in [5.74, 6) is -16.7. The zero-order valence-corrected chi connectivity index (χ0v) is 9.73. The van der Waals surface area contributed by atoms with Crippen molar-refractivity contribution in [2.75, 3.05) is 11.5 Å². The molecule has 112 valence electrons. The number of hydrogen-bond donors (Lipinski definition) is 2. The van der Waals surface area contributed by atoms with Gasteiger partial charge in [-0.3, -0.25) is 0 Å². The highest BCUT2D eigenvalue weighted by molar-refractivity contribution is 5.46. The van der Waals surface area contributed by atoms with Crippen LogP contribution in [0.15, 0.2) is 0 Å². The fraction of sp³-hybridized carbons (Fsp3) is 0. The molecule has 0 unspecified atom stereocenters. The van der Waals surface area contributed by atoms with Crippen LogP contribution in [0.25, 0.3) is 0 Å². The van der Waals surface area contributed by atoms with E-state index in [1.807, 2.05) is 0 Å². The first-order valence-corrected chi connectivity index (χ1v) is 5.01. The second-order valence-electron chi connectivity index (χ2n) is 3.59. The van der Waals surface area contributed by atoms with E-state index in [1.165, 1.54) is 0 Å². The molecule has 0 aliphatic carbocycles. The fourth-order valence-electron chi connectivity index (χ4n) is 1.30. The zero-order chi connectivity index (χ0) is 15.9. The van der Waals surface area contributed by atoms with Gasteiger partial charge < -0.3 is 16.2 Å². The van der Waals surface area contributed by atoms with Gasteiger partial charge in [0, 0.05) is 0 Å². The fourth-order valence-corrected chi connectivity index (χ4v) is 1.30. The summed E-state index contributed by atoms with van der Waals surface area (Å²) in [6.07, 6.45) is 0. The SMILES string of the molecule is Nc1nc(F)c(F)c(Oc2c(F)c(N)nc(F)c2F)c1F. The van der Waals surface area contributed by atoms with E-state index in [0.29, 0.717) is 0 Å². The molecule has 0 aliphatic rings. The second kappa shape index (κ2) is 5.00. The van der Waals surface area contributed by atoms with Crippen LogP contribution in [0.5, 0.6) is 11.5 Å². The topological polar surface area (TPSA) is 87.0 Å². The van der Waals surface area contributed by atoms with E-state index in [0.717, 1.165) is 0 Å². The van der Waals surface area contributed by atoms with Gasteiger partial charge in [0.2, 0.25) is 34.8 Å². The van der Waals surface area contributed by atoms with Gasteiger partial charge in [-0.2, -0.15) is 36.3 Å². The Morgan fingerprint density at radius 2 is 0.952 bits per heavy atom. The molecular weight excluding hydrogens is 306 g/mol. The summed E-state index contributed by atoms with van der Waals surface area (Å²) in [5, 5.41) is 0. The van der Waals surface area contributed by atoms with Crippen molar-refractivity contribution in [2.24, 2.45) is 0 Å². The Bertz CT molecular complexity index is 624. The van der Waals surface area contributed by atoms with Gasteiger partial charge in [-0.05, 0) is 0 Å². The molecule has 2 aromatic rings. The number of hydrogen-bond acceptors (Lipinski definition) is 5. The van der Waals surface area contributed by atoms with E-state index in [-0.39, 0.29) is 0 Å². The predicted molar refractivity (Wildman–Crippen MR) is 57.1 cm³/mol. The minimum absolute atomic E-state index is 1.13. The zero-order valence-electron chi connectivity index (χ0n) is 9.73. The number of nitrogen functional groups attached to an aromatic ring is 2. The molecule has 0 aromatic carbocycles. The third-order valence-electron chi connectivity index (χ3n) is 2.25. The molecule has 2 heterocycles. The van der Waals surface area contributed by atoms with E-state index in [1.54, 1.807) is 0 Å². The summed E-state index contributed by atoms with van der Waals surface area (Å²) in [6, 6.07) is 0. The Morgan fingerprint density at radius 3 is 1.29 bits per heavy atom. The molecule has 0 aliphatic heterocycles. The van der Waals surface area contributed by atoms with Crippen LogP contribution >= 0.6 is 0 Å². The van der Waals surface area contributed by atoms with Gasteiger partial charge in [0.15, 0.2) is 11.6 Å². The normalized spacial score (nSPS) is 10.8. The van der Waals surface area contributed by atoms with Crippen molar-refractivity contribution >= 4 is 11.6 Å². The van der Waals surface area contributed by atoms with Crippen LogP contribution in [0.2, 0.25) is 0 Å². The summed E-state index contributed by atoms with van der Waals surface area (Å²) in [4.78, 5) is 5.27. The smallest absolute Gasteiger partial charge is 0.255 e. The van der Waals surface area contributed by atoms with Gasteiger partial charge in [0.25, 0.3) is 11.9 Å². The monoisotopic (exact) mass is 310 g/mol. The molecule has 0 saturated carbocycles. The first-order valence-electron chi connectivity index (χ1n) is 5.01. The lowest BCUT2D eigenvalue weighted by atomic mass is 10.3. The molecule has 5 nitrogen and oxygen atoms in total. The maximum atomic E-state index is 13.5. The standard InChI is InChI=1S/C10H4F6N4O/c11-1-5(3(13)9(17)19-7(1)15)21-6-2(12)8(16)20-10(18)4(6)14/h(H2,17,19)(H2,18,20).